The van der Waals surface area contributed by atoms with E-state index in [9.17, 15) is 4.79 Å². The summed E-state index contributed by atoms with van der Waals surface area (Å²) in [7, 11) is 0. The van der Waals surface area contributed by atoms with E-state index in [1.807, 2.05) is 18.7 Å². The van der Waals surface area contributed by atoms with Gasteiger partial charge in [-0.25, -0.2) is 0 Å². The molecule has 102 valence electrons. The van der Waals surface area contributed by atoms with Crippen LogP contribution < -0.4 is 10.6 Å². The van der Waals surface area contributed by atoms with Gasteiger partial charge in [-0.05, 0) is 31.4 Å². The van der Waals surface area contributed by atoms with Crippen LogP contribution in [-0.4, -0.2) is 37.6 Å². The smallest absolute Gasteiger partial charge is 0.224 e. The van der Waals surface area contributed by atoms with Crippen molar-refractivity contribution in [1.29, 1.82) is 0 Å². The number of nitrogens with one attached hydrogen (secondary N) is 2. The summed E-state index contributed by atoms with van der Waals surface area (Å²) in [6.07, 6.45) is 7.05. The fraction of sp³-hybridized carbons (Fsp3) is 0.923. The number of thioether (sulfide) groups is 1. The molecule has 3 nitrogen and oxygen atoms in total. The highest BCUT2D eigenvalue weighted by Crippen LogP contribution is 2.04. The first-order valence-electron chi connectivity index (χ1n) is 6.69. The van der Waals surface area contributed by atoms with Gasteiger partial charge in [-0.3, -0.25) is 4.79 Å². The second kappa shape index (κ2) is 12.2. The molecular formula is C13H28N2OS. The highest BCUT2D eigenvalue weighted by atomic mass is 32.2. The molecule has 0 aromatic heterocycles. The standard InChI is InChI=1S/C13H28N2OS/c1-4-14-11-12(2)13(16)15-9-7-5-6-8-10-17-3/h12,14H,4-11H2,1-3H3,(H,15,16). The third-order valence-electron chi connectivity index (χ3n) is 2.72. The molecule has 0 spiro atoms. The number of unbranched alkanes of at least 4 members (excludes halogenated alkanes) is 3. The van der Waals surface area contributed by atoms with Crippen LogP contribution in [0, 0.1) is 5.92 Å². The Balaban J connectivity index is 3.32. The molecule has 17 heavy (non-hydrogen) atoms. The van der Waals surface area contributed by atoms with Crippen LogP contribution in [0.15, 0.2) is 0 Å². The maximum absolute atomic E-state index is 11.6. The van der Waals surface area contributed by atoms with Crippen molar-refractivity contribution in [2.45, 2.75) is 39.5 Å². The normalized spacial score (nSPS) is 12.4. The van der Waals surface area contributed by atoms with Gasteiger partial charge in [0, 0.05) is 19.0 Å². The fourth-order valence-corrected chi connectivity index (χ4v) is 2.06. The molecule has 1 atom stereocenters. The Morgan fingerprint density at radius 3 is 2.59 bits per heavy atom. The van der Waals surface area contributed by atoms with E-state index < -0.39 is 0 Å². The Kier molecular flexibility index (Phi) is 12.1. The second-order valence-electron chi connectivity index (χ2n) is 4.41. The summed E-state index contributed by atoms with van der Waals surface area (Å²) in [5.41, 5.74) is 0. The highest BCUT2D eigenvalue weighted by molar-refractivity contribution is 7.98. The summed E-state index contributed by atoms with van der Waals surface area (Å²) < 4.78 is 0. The molecular weight excluding hydrogens is 232 g/mol. The van der Waals surface area contributed by atoms with Gasteiger partial charge < -0.3 is 10.6 Å². The zero-order valence-electron chi connectivity index (χ0n) is 11.6. The van der Waals surface area contributed by atoms with E-state index in [0.29, 0.717) is 0 Å². The molecule has 0 fully saturated rings. The summed E-state index contributed by atoms with van der Waals surface area (Å²) in [5.74, 6) is 1.51. The summed E-state index contributed by atoms with van der Waals surface area (Å²) in [6.45, 7) is 6.55. The minimum Gasteiger partial charge on any atom is -0.356 e. The van der Waals surface area contributed by atoms with Gasteiger partial charge in [0.1, 0.15) is 0 Å². The van der Waals surface area contributed by atoms with Gasteiger partial charge in [0.15, 0.2) is 0 Å². The fourth-order valence-electron chi connectivity index (χ4n) is 1.56. The average Bonchev–Trinajstić information content (AvgIpc) is 2.34. The summed E-state index contributed by atoms with van der Waals surface area (Å²) in [5, 5.41) is 6.19. The van der Waals surface area contributed by atoms with Gasteiger partial charge >= 0.3 is 0 Å². The third-order valence-corrected chi connectivity index (χ3v) is 3.42. The number of hydrogen-bond donors (Lipinski definition) is 2. The van der Waals surface area contributed by atoms with Gasteiger partial charge in [-0.15, -0.1) is 0 Å². The lowest BCUT2D eigenvalue weighted by Gasteiger charge is -2.12. The topological polar surface area (TPSA) is 41.1 Å². The van der Waals surface area contributed by atoms with Gasteiger partial charge in [-0.2, -0.15) is 11.8 Å². The first-order chi connectivity index (χ1) is 8.22. The van der Waals surface area contributed by atoms with E-state index in [0.717, 1.165) is 26.1 Å². The van der Waals surface area contributed by atoms with Gasteiger partial charge in [0.25, 0.3) is 0 Å². The Morgan fingerprint density at radius 1 is 1.24 bits per heavy atom. The van der Waals surface area contributed by atoms with Gasteiger partial charge in [-0.1, -0.05) is 26.7 Å². The van der Waals surface area contributed by atoms with Crippen molar-refractivity contribution in [3.63, 3.8) is 0 Å². The van der Waals surface area contributed by atoms with E-state index in [4.69, 9.17) is 0 Å². The Morgan fingerprint density at radius 2 is 1.94 bits per heavy atom. The monoisotopic (exact) mass is 260 g/mol. The zero-order valence-corrected chi connectivity index (χ0v) is 12.4. The molecule has 0 saturated carbocycles. The molecule has 1 unspecified atom stereocenters. The number of carbonyl (C=O) groups excluding carboxylic acids is 1. The van der Waals surface area contributed by atoms with Crippen molar-refractivity contribution in [2.75, 3.05) is 31.6 Å². The van der Waals surface area contributed by atoms with Crippen LogP contribution in [0.25, 0.3) is 0 Å². The van der Waals surface area contributed by atoms with Crippen molar-refractivity contribution < 1.29 is 4.79 Å². The number of hydrogen-bond acceptors (Lipinski definition) is 3. The number of carbonyl (C=O) groups is 1. The van der Waals surface area contributed by atoms with E-state index in [1.54, 1.807) is 0 Å². The number of rotatable bonds is 11. The molecule has 0 aliphatic rings. The molecule has 0 aromatic rings. The Bertz CT molecular complexity index is 188. The van der Waals surface area contributed by atoms with Crippen molar-refractivity contribution in [3.8, 4) is 0 Å². The van der Waals surface area contributed by atoms with E-state index >= 15 is 0 Å². The van der Waals surface area contributed by atoms with Crippen LogP contribution in [0.2, 0.25) is 0 Å². The lowest BCUT2D eigenvalue weighted by Crippen LogP contribution is -2.35. The molecule has 0 saturated heterocycles. The maximum atomic E-state index is 11.6. The molecule has 0 aliphatic carbocycles. The minimum atomic E-state index is 0.0754. The van der Waals surface area contributed by atoms with Crippen LogP contribution in [0.3, 0.4) is 0 Å². The predicted octanol–water partition coefficient (Wildman–Crippen LogP) is 2.27. The quantitative estimate of drug-likeness (QED) is 0.560. The molecule has 2 N–H and O–H groups in total. The first kappa shape index (κ1) is 16.8. The minimum absolute atomic E-state index is 0.0754. The van der Waals surface area contributed by atoms with Crippen molar-refractivity contribution >= 4 is 17.7 Å². The Labute approximate surface area is 111 Å². The Hall–Kier alpha value is -0.220. The molecule has 0 rings (SSSR count). The van der Waals surface area contributed by atoms with E-state index in [2.05, 4.69) is 23.8 Å². The number of amides is 1. The van der Waals surface area contributed by atoms with Crippen molar-refractivity contribution in [3.05, 3.63) is 0 Å². The van der Waals surface area contributed by atoms with Gasteiger partial charge in [0.05, 0.1) is 0 Å². The van der Waals surface area contributed by atoms with Crippen LogP contribution >= 0.6 is 11.8 Å². The first-order valence-corrected chi connectivity index (χ1v) is 8.09. The molecule has 0 bridgehead atoms. The van der Waals surface area contributed by atoms with Crippen molar-refractivity contribution in [2.24, 2.45) is 5.92 Å². The molecule has 0 aromatic carbocycles. The average molecular weight is 260 g/mol. The van der Waals surface area contributed by atoms with Crippen LogP contribution in [-0.2, 0) is 4.79 Å². The lowest BCUT2D eigenvalue weighted by molar-refractivity contribution is -0.124. The van der Waals surface area contributed by atoms with Crippen LogP contribution in [0.1, 0.15) is 39.5 Å². The summed E-state index contributed by atoms with van der Waals surface area (Å²) in [6, 6.07) is 0. The molecule has 0 radical (unpaired) electrons. The van der Waals surface area contributed by atoms with E-state index in [-0.39, 0.29) is 11.8 Å². The highest BCUT2D eigenvalue weighted by Gasteiger charge is 2.10. The van der Waals surface area contributed by atoms with E-state index in [1.165, 1.54) is 25.0 Å². The largest absolute Gasteiger partial charge is 0.356 e. The molecule has 0 aliphatic heterocycles. The van der Waals surface area contributed by atoms with Crippen LogP contribution in [0.4, 0.5) is 0 Å². The maximum Gasteiger partial charge on any atom is 0.224 e. The molecule has 1 amide bonds. The predicted molar refractivity (Wildman–Crippen MR) is 77.6 cm³/mol. The van der Waals surface area contributed by atoms with Gasteiger partial charge in [0.2, 0.25) is 5.91 Å². The second-order valence-corrected chi connectivity index (χ2v) is 5.39. The SMILES string of the molecule is CCNCC(C)C(=O)NCCCCCCSC. The summed E-state index contributed by atoms with van der Waals surface area (Å²) in [4.78, 5) is 11.6. The van der Waals surface area contributed by atoms with Crippen LogP contribution in [0.5, 0.6) is 0 Å². The third kappa shape index (κ3) is 10.6. The molecule has 0 heterocycles. The lowest BCUT2D eigenvalue weighted by atomic mass is 10.1. The molecule has 4 heteroatoms. The zero-order chi connectivity index (χ0) is 12.9. The van der Waals surface area contributed by atoms with Crippen molar-refractivity contribution in [1.82, 2.24) is 10.6 Å². The summed E-state index contributed by atoms with van der Waals surface area (Å²) >= 11 is 1.91.